The Balaban J connectivity index is 1.99. The van der Waals surface area contributed by atoms with Crippen LogP contribution in [0, 0.1) is 11.8 Å². The van der Waals surface area contributed by atoms with Gasteiger partial charge in [-0.1, -0.05) is 69.5 Å². The predicted molar refractivity (Wildman–Crippen MR) is 109 cm³/mol. The predicted octanol–water partition coefficient (Wildman–Crippen LogP) is 6.66. The van der Waals surface area contributed by atoms with Gasteiger partial charge in [0.15, 0.2) is 0 Å². The Labute approximate surface area is 150 Å². The Bertz CT molecular complexity index is 596. The molecular weight excluding hydrogens is 310 g/mol. The van der Waals surface area contributed by atoms with E-state index in [0.29, 0.717) is 11.2 Å². The number of rotatable bonds is 5. The van der Waals surface area contributed by atoms with E-state index < -0.39 is 10.2 Å². The number of nitrogens with zero attached hydrogens (tertiary/aromatic N) is 1. The zero-order valence-corrected chi connectivity index (χ0v) is 16.6. The van der Waals surface area contributed by atoms with Gasteiger partial charge in [0.25, 0.3) is 0 Å². The molecule has 2 aliphatic rings. The second kappa shape index (κ2) is 7.49. The molecule has 1 aliphatic carbocycles. The smallest absolute Gasteiger partial charge is 0.0350 e. The van der Waals surface area contributed by atoms with Crippen LogP contribution in [0.2, 0.25) is 0 Å². The van der Waals surface area contributed by atoms with E-state index in [1.165, 1.54) is 37.7 Å². The molecule has 1 aliphatic heterocycles. The minimum Gasteiger partial charge on any atom is -0.266 e. The molecule has 0 saturated heterocycles. The second-order valence-electron chi connectivity index (χ2n) is 7.87. The van der Waals surface area contributed by atoms with Crippen molar-refractivity contribution in [2.24, 2.45) is 11.8 Å². The summed E-state index contributed by atoms with van der Waals surface area (Å²) in [6, 6.07) is 11.2. The van der Waals surface area contributed by atoms with Crippen molar-refractivity contribution in [3.05, 3.63) is 58.4 Å². The highest BCUT2D eigenvalue weighted by Crippen LogP contribution is 2.69. The van der Waals surface area contributed by atoms with E-state index in [9.17, 15) is 0 Å². The van der Waals surface area contributed by atoms with Crippen molar-refractivity contribution in [2.45, 2.75) is 51.2 Å². The molecule has 0 radical (unpaired) electrons. The fourth-order valence-corrected chi connectivity index (χ4v) is 8.30. The van der Waals surface area contributed by atoms with Crippen molar-refractivity contribution in [2.75, 3.05) is 14.1 Å². The van der Waals surface area contributed by atoms with Crippen LogP contribution in [-0.4, -0.2) is 18.4 Å². The Morgan fingerprint density at radius 1 is 1.00 bits per heavy atom. The quantitative estimate of drug-likeness (QED) is 0.578. The monoisotopic (exact) mass is 343 g/mol. The molecule has 3 rings (SSSR count). The van der Waals surface area contributed by atoms with Crippen LogP contribution in [0.1, 0.15) is 56.8 Å². The van der Waals surface area contributed by atoms with Crippen molar-refractivity contribution in [1.29, 1.82) is 0 Å². The molecule has 0 aromatic heterocycles. The van der Waals surface area contributed by atoms with Crippen LogP contribution in [0.5, 0.6) is 0 Å². The first-order valence-electron chi connectivity index (χ1n) is 9.49. The largest absolute Gasteiger partial charge is 0.266 e. The van der Waals surface area contributed by atoms with Gasteiger partial charge in [-0.05, 0) is 60.7 Å². The van der Waals surface area contributed by atoms with Crippen molar-refractivity contribution in [3.8, 4) is 0 Å². The third-order valence-electron chi connectivity index (χ3n) is 5.65. The van der Waals surface area contributed by atoms with E-state index in [1.54, 1.807) is 5.57 Å². The van der Waals surface area contributed by atoms with Gasteiger partial charge in [0.05, 0.1) is 0 Å². The third kappa shape index (κ3) is 3.36. The lowest BCUT2D eigenvalue weighted by molar-refractivity contribution is 0.409. The molecule has 2 unspecified atom stereocenters. The van der Waals surface area contributed by atoms with Gasteiger partial charge in [-0.25, -0.2) is 0 Å². The van der Waals surface area contributed by atoms with Crippen molar-refractivity contribution < 1.29 is 0 Å². The molecule has 1 saturated carbocycles. The summed E-state index contributed by atoms with van der Waals surface area (Å²) in [6.07, 6.45) is 9.49. The molecule has 1 aromatic carbocycles. The maximum atomic E-state index is 2.68. The first-order chi connectivity index (χ1) is 11.5. The van der Waals surface area contributed by atoms with Gasteiger partial charge in [-0.2, -0.15) is 0 Å². The average molecular weight is 344 g/mol. The SMILES string of the molecule is CC(C)C(c1ccccc1)S1(N(C)C)C=CC(C2CCCCC2)=C1. The molecule has 24 heavy (non-hydrogen) atoms. The molecule has 1 nitrogen and oxygen atoms in total. The van der Waals surface area contributed by atoms with Gasteiger partial charge >= 0.3 is 0 Å². The minimum atomic E-state index is -1.08. The van der Waals surface area contributed by atoms with Gasteiger partial charge in [0.1, 0.15) is 0 Å². The highest BCUT2D eigenvalue weighted by atomic mass is 32.3. The summed E-state index contributed by atoms with van der Waals surface area (Å²) in [6.45, 7) is 4.77. The standard InChI is InChI=1S/C22H33NS/c1-18(2)22(20-13-9-6-10-14-20)24(23(3)4)16-15-21(17-24)19-11-7-5-8-12-19/h6,9-10,13-19,22H,5,7-8,11-12H2,1-4H3. The summed E-state index contributed by atoms with van der Waals surface area (Å²) in [5.41, 5.74) is 3.11. The summed E-state index contributed by atoms with van der Waals surface area (Å²) >= 11 is 0. The van der Waals surface area contributed by atoms with Crippen LogP contribution >= 0.6 is 10.2 Å². The Morgan fingerprint density at radius 2 is 1.67 bits per heavy atom. The minimum absolute atomic E-state index is 0.561. The molecular formula is C22H33NS. The second-order valence-corrected chi connectivity index (χ2v) is 11.1. The van der Waals surface area contributed by atoms with E-state index in [2.05, 4.69) is 79.5 Å². The first-order valence-corrected chi connectivity index (χ1v) is 11.3. The normalized spacial score (nSPS) is 28.8. The summed E-state index contributed by atoms with van der Waals surface area (Å²) in [5.74, 6) is 1.42. The zero-order chi connectivity index (χ0) is 17.2. The summed E-state index contributed by atoms with van der Waals surface area (Å²) in [5, 5.41) is 5.81. The number of hydrogen-bond acceptors (Lipinski definition) is 1. The van der Waals surface area contributed by atoms with Crippen molar-refractivity contribution in [1.82, 2.24) is 4.31 Å². The average Bonchev–Trinajstić information content (AvgIpc) is 3.03. The number of allylic oxidation sites excluding steroid dienone is 2. The van der Waals surface area contributed by atoms with Gasteiger partial charge in [0.2, 0.25) is 0 Å². The molecule has 0 N–H and O–H groups in total. The Hall–Kier alpha value is -0.990. The lowest BCUT2D eigenvalue weighted by atomic mass is 9.84. The lowest BCUT2D eigenvalue weighted by Crippen LogP contribution is -2.24. The van der Waals surface area contributed by atoms with Crippen LogP contribution in [0.15, 0.2) is 52.8 Å². The van der Waals surface area contributed by atoms with Gasteiger partial charge in [-0.3, -0.25) is 4.31 Å². The number of benzene rings is 1. The summed E-state index contributed by atoms with van der Waals surface area (Å²) < 4.78 is 2.51. The molecule has 1 aromatic rings. The fourth-order valence-electron chi connectivity index (χ4n) is 4.45. The maximum absolute atomic E-state index is 2.68. The molecule has 1 heterocycles. The van der Waals surface area contributed by atoms with Gasteiger partial charge in [-0.15, -0.1) is 10.2 Å². The van der Waals surface area contributed by atoms with E-state index >= 15 is 0 Å². The highest BCUT2D eigenvalue weighted by Gasteiger charge is 2.38. The van der Waals surface area contributed by atoms with Gasteiger partial charge in [0, 0.05) is 5.25 Å². The first kappa shape index (κ1) is 17.8. The van der Waals surface area contributed by atoms with E-state index in [-0.39, 0.29) is 0 Å². The topological polar surface area (TPSA) is 3.24 Å². The molecule has 0 amide bonds. The molecule has 0 bridgehead atoms. The molecule has 2 atom stereocenters. The van der Waals surface area contributed by atoms with Crippen molar-refractivity contribution in [3.63, 3.8) is 0 Å². The molecule has 132 valence electrons. The molecule has 0 spiro atoms. The van der Waals surface area contributed by atoms with Crippen LogP contribution in [0.25, 0.3) is 0 Å². The van der Waals surface area contributed by atoms with E-state index in [0.717, 1.165) is 5.92 Å². The lowest BCUT2D eigenvalue weighted by Gasteiger charge is -2.48. The van der Waals surface area contributed by atoms with Crippen LogP contribution in [0.4, 0.5) is 0 Å². The Morgan fingerprint density at radius 3 is 2.25 bits per heavy atom. The van der Waals surface area contributed by atoms with Crippen LogP contribution in [-0.2, 0) is 0 Å². The Kier molecular flexibility index (Phi) is 5.56. The molecule has 1 fully saturated rings. The van der Waals surface area contributed by atoms with Crippen LogP contribution in [0.3, 0.4) is 0 Å². The maximum Gasteiger partial charge on any atom is 0.0350 e. The van der Waals surface area contributed by atoms with E-state index in [1.807, 2.05) is 0 Å². The zero-order valence-electron chi connectivity index (χ0n) is 15.7. The number of hydrogen-bond donors (Lipinski definition) is 0. The third-order valence-corrected chi connectivity index (χ3v) is 9.77. The van der Waals surface area contributed by atoms with E-state index in [4.69, 9.17) is 0 Å². The highest BCUT2D eigenvalue weighted by molar-refractivity contribution is 8.36. The van der Waals surface area contributed by atoms with Crippen LogP contribution < -0.4 is 0 Å². The van der Waals surface area contributed by atoms with Gasteiger partial charge < -0.3 is 0 Å². The summed E-state index contributed by atoms with van der Waals surface area (Å²) in [4.78, 5) is 0. The fraction of sp³-hybridized carbons (Fsp3) is 0.545. The van der Waals surface area contributed by atoms with Crippen molar-refractivity contribution >= 4 is 10.2 Å². The molecule has 2 heteroatoms. The summed E-state index contributed by atoms with van der Waals surface area (Å²) in [7, 11) is 3.47.